The molecule has 0 heterocycles. The summed E-state index contributed by atoms with van der Waals surface area (Å²) in [6.07, 6.45) is 4.17. The first-order chi connectivity index (χ1) is 5.70. The van der Waals surface area contributed by atoms with Crippen molar-refractivity contribution in [2.45, 2.75) is 26.7 Å². The molecule has 0 rings (SSSR count). The predicted octanol–water partition coefficient (Wildman–Crippen LogP) is 1.86. The molecule has 0 amide bonds. The van der Waals surface area contributed by atoms with Crippen LogP contribution in [0.3, 0.4) is 0 Å². The van der Waals surface area contributed by atoms with E-state index in [-0.39, 0.29) is 5.78 Å². The molecule has 0 saturated heterocycles. The van der Waals surface area contributed by atoms with Gasteiger partial charge in [0.15, 0.2) is 0 Å². The Bertz CT molecular complexity index is 143. The van der Waals surface area contributed by atoms with Gasteiger partial charge in [0.1, 0.15) is 5.78 Å². The van der Waals surface area contributed by atoms with E-state index in [1.165, 1.54) is 6.42 Å². The highest BCUT2D eigenvalue weighted by atomic mass is 16.1. The van der Waals surface area contributed by atoms with E-state index in [4.69, 9.17) is 0 Å². The zero-order valence-electron chi connectivity index (χ0n) is 8.18. The van der Waals surface area contributed by atoms with Gasteiger partial charge in [-0.05, 0) is 19.9 Å². The molecule has 0 fully saturated rings. The maximum atomic E-state index is 10.8. The molecule has 0 aromatic carbocycles. The first-order valence-electron chi connectivity index (χ1n) is 4.53. The molecule has 0 saturated carbocycles. The van der Waals surface area contributed by atoms with Crippen molar-refractivity contribution in [2.24, 2.45) is 0 Å². The fraction of sp³-hybridized carbons (Fsp3) is 0.700. The van der Waals surface area contributed by atoms with E-state index >= 15 is 0 Å². The van der Waals surface area contributed by atoms with Gasteiger partial charge in [-0.15, -0.1) is 6.58 Å². The molecule has 0 radical (unpaired) electrons. The van der Waals surface area contributed by atoms with Crippen LogP contribution < -0.4 is 0 Å². The second-order valence-corrected chi connectivity index (χ2v) is 3.08. The second kappa shape index (κ2) is 7.04. The van der Waals surface area contributed by atoms with Gasteiger partial charge in [0.05, 0.1) is 6.54 Å². The Kier molecular flexibility index (Phi) is 6.67. The SMILES string of the molecule is C=CCN(CCCC)CC(C)=O. The first-order valence-corrected chi connectivity index (χ1v) is 4.53. The molecule has 2 heteroatoms. The zero-order chi connectivity index (χ0) is 9.40. The van der Waals surface area contributed by atoms with Crippen molar-refractivity contribution < 1.29 is 4.79 Å². The van der Waals surface area contributed by atoms with Gasteiger partial charge in [0.25, 0.3) is 0 Å². The van der Waals surface area contributed by atoms with E-state index in [0.29, 0.717) is 6.54 Å². The minimum Gasteiger partial charge on any atom is -0.299 e. The zero-order valence-corrected chi connectivity index (χ0v) is 8.18. The highest BCUT2D eigenvalue weighted by Crippen LogP contribution is 1.95. The highest BCUT2D eigenvalue weighted by molar-refractivity contribution is 5.77. The average Bonchev–Trinajstić information content (AvgIpc) is 2.00. The summed E-state index contributed by atoms with van der Waals surface area (Å²) in [7, 11) is 0. The summed E-state index contributed by atoms with van der Waals surface area (Å²) >= 11 is 0. The molecule has 0 aliphatic heterocycles. The van der Waals surface area contributed by atoms with Gasteiger partial charge < -0.3 is 0 Å². The maximum Gasteiger partial charge on any atom is 0.143 e. The Balaban J connectivity index is 3.68. The fourth-order valence-electron chi connectivity index (χ4n) is 1.11. The Morgan fingerprint density at radius 1 is 1.58 bits per heavy atom. The van der Waals surface area contributed by atoms with Crippen molar-refractivity contribution in [1.82, 2.24) is 4.90 Å². The molecule has 0 unspecified atom stereocenters. The number of Topliss-reactive ketones (excluding diaryl/α,β-unsaturated/α-hetero) is 1. The topological polar surface area (TPSA) is 20.3 Å². The van der Waals surface area contributed by atoms with Crippen molar-refractivity contribution in [2.75, 3.05) is 19.6 Å². The molecule has 0 aliphatic carbocycles. The minimum absolute atomic E-state index is 0.230. The summed E-state index contributed by atoms with van der Waals surface area (Å²) in [5, 5.41) is 0. The molecule has 0 N–H and O–H groups in total. The molecular weight excluding hydrogens is 150 g/mol. The molecule has 2 nitrogen and oxygen atoms in total. The summed E-state index contributed by atoms with van der Waals surface area (Å²) in [4.78, 5) is 12.9. The van der Waals surface area contributed by atoms with Gasteiger partial charge in [0.2, 0.25) is 0 Å². The number of rotatable bonds is 7. The van der Waals surface area contributed by atoms with Crippen molar-refractivity contribution in [3.05, 3.63) is 12.7 Å². The van der Waals surface area contributed by atoms with Gasteiger partial charge in [-0.3, -0.25) is 9.69 Å². The van der Waals surface area contributed by atoms with E-state index in [9.17, 15) is 4.79 Å². The number of unbranched alkanes of at least 4 members (excludes halogenated alkanes) is 1. The van der Waals surface area contributed by atoms with Crippen LogP contribution in [0.15, 0.2) is 12.7 Å². The predicted molar refractivity (Wildman–Crippen MR) is 52.2 cm³/mol. The van der Waals surface area contributed by atoms with Gasteiger partial charge in [-0.2, -0.15) is 0 Å². The maximum absolute atomic E-state index is 10.8. The van der Waals surface area contributed by atoms with Crippen LogP contribution in [0.4, 0.5) is 0 Å². The Labute approximate surface area is 75.3 Å². The lowest BCUT2D eigenvalue weighted by atomic mass is 10.3. The summed E-state index contributed by atoms with van der Waals surface area (Å²) in [5.41, 5.74) is 0. The normalized spacial score (nSPS) is 10.2. The van der Waals surface area contributed by atoms with Crippen molar-refractivity contribution in [3.63, 3.8) is 0 Å². The smallest absolute Gasteiger partial charge is 0.143 e. The standard InChI is InChI=1S/C10H19NO/c1-4-6-8-11(7-5-2)9-10(3)12/h5H,2,4,6-9H2,1,3H3. The third-order valence-corrected chi connectivity index (χ3v) is 1.66. The summed E-state index contributed by atoms with van der Waals surface area (Å²) < 4.78 is 0. The number of hydrogen-bond donors (Lipinski definition) is 0. The van der Waals surface area contributed by atoms with Crippen LogP contribution in [0.2, 0.25) is 0 Å². The monoisotopic (exact) mass is 169 g/mol. The average molecular weight is 169 g/mol. The van der Waals surface area contributed by atoms with Crippen LogP contribution in [-0.2, 0) is 4.79 Å². The van der Waals surface area contributed by atoms with Crippen molar-refractivity contribution >= 4 is 5.78 Å². The summed E-state index contributed by atoms with van der Waals surface area (Å²) in [6, 6.07) is 0. The van der Waals surface area contributed by atoms with Gasteiger partial charge in [-0.25, -0.2) is 0 Å². The number of hydrogen-bond acceptors (Lipinski definition) is 2. The Hall–Kier alpha value is -0.630. The van der Waals surface area contributed by atoms with Gasteiger partial charge >= 0.3 is 0 Å². The molecule has 12 heavy (non-hydrogen) atoms. The molecule has 0 spiro atoms. The molecule has 0 aromatic heterocycles. The second-order valence-electron chi connectivity index (χ2n) is 3.08. The molecule has 0 aromatic rings. The number of ketones is 1. The van der Waals surface area contributed by atoms with E-state index in [1.54, 1.807) is 6.92 Å². The first kappa shape index (κ1) is 11.4. The fourth-order valence-corrected chi connectivity index (χ4v) is 1.11. The van der Waals surface area contributed by atoms with Crippen LogP contribution in [0.1, 0.15) is 26.7 Å². The Morgan fingerprint density at radius 3 is 2.67 bits per heavy atom. The molecule has 0 bridgehead atoms. The van der Waals surface area contributed by atoms with E-state index < -0.39 is 0 Å². The van der Waals surface area contributed by atoms with E-state index in [2.05, 4.69) is 18.4 Å². The van der Waals surface area contributed by atoms with Crippen LogP contribution in [0.25, 0.3) is 0 Å². The van der Waals surface area contributed by atoms with Crippen molar-refractivity contribution in [3.8, 4) is 0 Å². The summed E-state index contributed by atoms with van der Waals surface area (Å²) in [5.74, 6) is 0.230. The van der Waals surface area contributed by atoms with Crippen LogP contribution in [-0.4, -0.2) is 30.3 Å². The van der Waals surface area contributed by atoms with E-state index in [1.807, 2.05) is 6.08 Å². The van der Waals surface area contributed by atoms with Crippen LogP contribution in [0.5, 0.6) is 0 Å². The molecule has 70 valence electrons. The Morgan fingerprint density at radius 2 is 2.25 bits per heavy atom. The van der Waals surface area contributed by atoms with E-state index in [0.717, 1.165) is 19.5 Å². The summed E-state index contributed by atoms with van der Waals surface area (Å²) in [6.45, 7) is 9.83. The number of nitrogens with zero attached hydrogens (tertiary/aromatic N) is 1. The number of carbonyl (C=O) groups excluding carboxylic acids is 1. The lowest BCUT2D eigenvalue weighted by Crippen LogP contribution is -2.29. The lowest BCUT2D eigenvalue weighted by Gasteiger charge is -2.18. The third kappa shape index (κ3) is 6.10. The lowest BCUT2D eigenvalue weighted by molar-refractivity contribution is -0.118. The van der Waals surface area contributed by atoms with Crippen LogP contribution >= 0.6 is 0 Å². The molecule has 0 atom stereocenters. The third-order valence-electron chi connectivity index (χ3n) is 1.66. The van der Waals surface area contributed by atoms with Crippen molar-refractivity contribution in [1.29, 1.82) is 0 Å². The molecule has 0 aliphatic rings. The highest BCUT2D eigenvalue weighted by Gasteiger charge is 2.03. The largest absolute Gasteiger partial charge is 0.299 e. The quantitative estimate of drug-likeness (QED) is 0.542. The van der Waals surface area contributed by atoms with Gasteiger partial charge in [0, 0.05) is 6.54 Å². The number of carbonyl (C=O) groups is 1. The van der Waals surface area contributed by atoms with Crippen LogP contribution in [0, 0.1) is 0 Å². The van der Waals surface area contributed by atoms with Gasteiger partial charge in [-0.1, -0.05) is 19.4 Å². The molecular formula is C10H19NO. The minimum atomic E-state index is 0.230.